The highest BCUT2D eigenvalue weighted by molar-refractivity contribution is 5.89. The molecule has 1 rings (SSSR count). The van der Waals surface area contributed by atoms with Gasteiger partial charge in [-0.25, -0.2) is 4.79 Å². The van der Waals surface area contributed by atoms with Crippen LogP contribution in [-0.2, 0) is 4.74 Å². The maximum atomic E-state index is 11.4. The van der Waals surface area contributed by atoms with Crippen molar-refractivity contribution in [3.05, 3.63) is 29.8 Å². The first-order valence-corrected chi connectivity index (χ1v) is 6.18. The molecule has 0 unspecified atom stereocenters. The predicted molar refractivity (Wildman–Crippen MR) is 67.4 cm³/mol. The van der Waals surface area contributed by atoms with Crippen molar-refractivity contribution in [2.24, 2.45) is 0 Å². The van der Waals surface area contributed by atoms with Crippen molar-refractivity contribution in [3.63, 3.8) is 0 Å². The fraction of sp³-hybridized carbons (Fsp3) is 0.500. The van der Waals surface area contributed by atoms with Crippen molar-refractivity contribution in [1.82, 2.24) is 0 Å². The van der Waals surface area contributed by atoms with Gasteiger partial charge in [-0.1, -0.05) is 19.8 Å². The Morgan fingerprint density at radius 2 is 1.82 bits per heavy atom. The summed E-state index contributed by atoms with van der Waals surface area (Å²) in [4.78, 5) is 11.4. The number of hydrogen-bond acceptors (Lipinski definition) is 3. The van der Waals surface area contributed by atoms with E-state index in [1.54, 1.807) is 31.2 Å². The Morgan fingerprint density at radius 3 is 2.41 bits per heavy atom. The van der Waals surface area contributed by atoms with Gasteiger partial charge < -0.3 is 9.47 Å². The van der Waals surface area contributed by atoms with Crippen LogP contribution in [0.3, 0.4) is 0 Å². The first kappa shape index (κ1) is 13.6. The summed E-state index contributed by atoms with van der Waals surface area (Å²) in [5.41, 5.74) is 0.563. The lowest BCUT2D eigenvalue weighted by molar-refractivity contribution is 0.0526. The number of unbranched alkanes of at least 4 members (excludes halogenated alkanes) is 2. The molecule has 3 heteroatoms. The smallest absolute Gasteiger partial charge is 0.338 e. The Labute approximate surface area is 103 Å². The lowest BCUT2D eigenvalue weighted by Gasteiger charge is -2.06. The zero-order chi connectivity index (χ0) is 12.5. The zero-order valence-electron chi connectivity index (χ0n) is 10.6. The van der Waals surface area contributed by atoms with Gasteiger partial charge in [-0.3, -0.25) is 0 Å². The fourth-order valence-electron chi connectivity index (χ4n) is 1.44. The molecule has 3 nitrogen and oxygen atoms in total. The molecule has 0 bridgehead atoms. The predicted octanol–water partition coefficient (Wildman–Crippen LogP) is 3.43. The standard InChI is InChI=1S/C14H20O3/c1-3-5-6-11-17-13-9-7-12(8-10-13)14(15)16-4-2/h7-10H,3-6,11H2,1-2H3. The average Bonchev–Trinajstić information content (AvgIpc) is 2.36. The van der Waals surface area contributed by atoms with E-state index in [-0.39, 0.29) is 5.97 Å². The number of benzene rings is 1. The summed E-state index contributed by atoms with van der Waals surface area (Å²) in [7, 11) is 0. The molecule has 0 radical (unpaired) electrons. The van der Waals surface area contributed by atoms with E-state index in [2.05, 4.69) is 6.92 Å². The number of carbonyl (C=O) groups is 1. The van der Waals surface area contributed by atoms with Crippen LogP contribution in [0.15, 0.2) is 24.3 Å². The van der Waals surface area contributed by atoms with E-state index >= 15 is 0 Å². The Bertz CT molecular complexity index is 330. The van der Waals surface area contributed by atoms with Gasteiger partial charge in [-0.15, -0.1) is 0 Å². The monoisotopic (exact) mass is 236 g/mol. The highest BCUT2D eigenvalue weighted by atomic mass is 16.5. The van der Waals surface area contributed by atoms with Gasteiger partial charge in [-0.05, 0) is 37.6 Å². The van der Waals surface area contributed by atoms with Crippen molar-refractivity contribution in [2.75, 3.05) is 13.2 Å². The second-order valence-electron chi connectivity index (χ2n) is 3.80. The molecule has 17 heavy (non-hydrogen) atoms. The quantitative estimate of drug-likeness (QED) is 0.537. The maximum absolute atomic E-state index is 11.4. The van der Waals surface area contributed by atoms with Crippen LogP contribution in [0.2, 0.25) is 0 Å². The number of esters is 1. The molecule has 0 aliphatic rings. The fourth-order valence-corrected chi connectivity index (χ4v) is 1.44. The normalized spacial score (nSPS) is 10.0. The van der Waals surface area contributed by atoms with Crippen LogP contribution in [0, 0.1) is 0 Å². The van der Waals surface area contributed by atoms with Crippen molar-refractivity contribution in [1.29, 1.82) is 0 Å². The second-order valence-corrected chi connectivity index (χ2v) is 3.80. The van der Waals surface area contributed by atoms with Gasteiger partial charge >= 0.3 is 5.97 Å². The summed E-state index contributed by atoms with van der Waals surface area (Å²) in [5.74, 6) is 0.513. The van der Waals surface area contributed by atoms with Gasteiger partial charge in [0.25, 0.3) is 0 Å². The van der Waals surface area contributed by atoms with Gasteiger partial charge in [0.1, 0.15) is 5.75 Å². The first-order chi connectivity index (χ1) is 8.27. The summed E-state index contributed by atoms with van der Waals surface area (Å²) in [5, 5.41) is 0. The molecule has 0 N–H and O–H groups in total. The molecule has 0 aliphatic heterocycles. The van der Waals surface area contributed by atoms with Gasteiger partial charge in [0.2, 0.25) is 0 Å². The van der Waals surface area contributed by atoms with Crippen LogP contribution in [0.25, 0.3) is 0 Å². The second kappa shape index (κ2) is 7.71. The van der Waals surface area contributed by atoms with E-state index in [1.165, 1.54) is 12.8 Å². The Hall–Kier alpha value is -1.51. The van der Waals surface area contributed by atoms with Gasteiger partial charge in [0, 0.05) is 0 Å². The topological polar surface area (TPSA) is 35.5 Å². The molecule has 0 aromatic heterocycles. The van der Waals surface area contributed by atoms with Gasteiger partial charge in [0.15, 0.2) is 0 Å². The van der Waals surface area contributed by atoms with Gasteiger partial charge in [-0.2, -0.15) is 0 Å². The summed E-state index contributed by atoms with van der Waals surface area (Å²) < 4.78 is 10.5. The summed E-state index contributed by atoms with van der Waals surface area (Å²) in [6.07, 6.45) is 3.43. The third-order valence-corrected chi connectivity index (χ3v) is 2.38. The third kappa shape index (κ3) is 4.89. The Balaban J connectivity index is 2.42. The number of hydrogen-bond donors (Lipinski definition) is 0. The van der Waals surface area contributed by atoms with E-state index in [1.807, 2.05) is 0 Å². The summed E-state index contributed by atoms with van der Waals surface area (Å²) in [6, 6.07) is 7.07. The van der Waals surface area contributed by atoms with Crippen molar-refractivity contribution >= 4 is 5.97 Å². The molecule has 0 saturated heterocycles. The third-order valence-electron chi connectivity index (χ3n) is 2.38. The maximum Gasteiger partial charge on any atom is 0.338 e. The van der Waals surface area contributed by atoms with Crippen LogP contribution in [0.5, 0.6) is 5.75 Å². The number of ether oxygens (including phenoxy) is 2. The Kier molecular flexibility index (Phi) is 6.15. The van der Waals surface area contributed by atoms with E-state index < -0.39 is 0 Å². The summed E-state index contributed by atoms with van der Waals surface area (Å²) in [6.45, 7) is 5.08. The molecule has 0 atom stereocenters. The molecule has 0 fully saturated rings. The molecule has 0 spiro atoms. The number of carbonyl (C=O) groups excluding carboxylic acids is 1. The highest BCUT2D eigenvalue weighted by Gasteiger charge is 2.05. The molecule has 0 aliphatic carbocycles. The molecule has 0 saturated carbocycles. The minimum Gasteiger partial charge on any atom is -0.494 e. The van der Waals surface area contributed by atoms with Crippen LogP contribution in [0.1, 0.15) is 43.5 Å². The molecule has 0 amide bonds. The SMILES string of the molecule is CCCCCOc1ccc(C(=O)OCC)cc1. The van der Waals surface area contributed by atoms with E-state index in [9.17, 15) is 4.79 Å². The summed E-state index contributed by atoms with van der Waals surface area (Å²) >= 11 is 0. The minimum absolute atomic E-state index is 0.287. The molecular formula is C14H20O3. The molecule has 1 aromatic rings. The van der Waals surface area contributed by atoms with Crippen molar-refractivity contribution in [3.8, 4) is 5.75 Å². The van der Waals surface area contributed by atoms with E-state index in [0.29, 0.717) is 12.2 Å². The van der Waals surface area contributed by atoms with Crippen molar-refractivity contribution < 1.29 is 14.3 Å². The lowest BCUT2D eigenvalue weighted by Crippen LogP contribution is -2.04. The lowest BCUT2D eigenvalue weighted by atomic mass is 10.2. The zero-order valence-corrected chi connectivity index (χ0v) is 10.6. The molecule has 1 aromatic carbocycles. The minimum atomic E-state index is -0.287. The molecule has 0 heterocycles. The van der Waals surface area contributed by atoms with Crippen molar-refractivity contribution in [2.45, 2.75) is 33.1 Å². The Morgan fingerprint density at radius 1 is 1.12 bits per heavy atom. The van der Waals surface area contributed by atoms with Crippen LogP contribution in [-0.4, -0.2) is 19.2 Å². The molecule has 94 valence electrons. The van der Waals surface area contributed by atoms with E-state index in [4.69, 9.17) is 9.47 Å². The van der Waals surface area contributed by atoms with Crippen LogP contribution >= 0.6 is 0 Å². The number of rotatable bonds is 7. The van der Waals surface area contributed by atoms with Gasteiger partial charge in [0.05, 0.1) is 18.8 Å². The van der Waals surface area contributed by atoms with E-state index in [0.717, 1.165) is 18.8 Å². The largest absolute Gasteiger partial charge is 0.494 e. The molecular weight excluding hydrogens is 216 g/mol. The highest BCUT2D eigenvalue weighted by Crippen LogP contribution is 2.13. The van der Waals surface area contributed by atoms with Crippen LogP contribution in [0.4, 0.5) is 0 Å². The average molecular weight is 236 g/mol. The van der Waals surface area contributed by atoms with Crippen LogP contribution < -0.4 is 4.74 Å². The first-order valence-electron chi connectivity index (χ1n) is 6.18.